The van der Waals surface area contributed by atoms with Crippen LogP contribution >= 0.6 is 11.6 Å². The summed E-state index contributed by atoms with van der Waals surface area (Å²) in [6.07, 6.45) is 6.94. The molecule has 3 atom stereocenters. The Labute approximate surface area is 121 Å². The van der Waals surface area contributed by atoms with E-state index in [2.05, 4.69) is 30.4 Å². The zero-order valence-electron chi connectivity index (χ0n) is 11.8. The standard InChI is InChI=1S/C17H24ClN/c1-13-4-3-7-17(11-13)8-9-19-12-16(17)14-5-2-6-15(18)10-14/h2,5-6,10,13,16,19H,3-4,7-9,11-12H2,1H3. The molecule has 1 aromatic rings. The molecule has 1 nitrogen and oxygen atoms in total. The van der Waals surface area contributed by atoms with E-state index in [-0.39, 0.29) is 0 Å². The van der Waals surface area contributed by atoms with Crippen molar-refractivity contribution < 1.29 is 0 Å². The molecule has 2 fully saturated rings. The second-order valence-electron chi connectivity index (χ2n) is 6.63. The highest BCUT2D eigenvalue weighted by molar-refractivity contribution is 6.30. The molecule has 3 rings (SSSR count). The molecule has 19 heavy (non-hydrogen) atoms. The molecule has 1 N–H and O–H groups in total. The summed E-state index contributed by atoms with van der Waals surface area (Å²) in [4.78, 5) is 0. The van der Waals surface area contributed by atoms with Crippen molar-refractivity contribution in [3.05, 3.63) is 34.9 Å². The summed E-state index contributed by atoms with van der Waals surface area (Å²) in [5.74, 6) is 1.52. The molecule has 1 aliphatic carbocycles. The first-order valence-corrected chi connectivity index (χ1v) is 8.04. The van der Waals surface area contributed by atoms with Crippen molar-refractivity contribution in [2.75, 3.05) is 13.1 Å². The highest BCUT2D eigenvalue weighted by Gasteiger charge is 2.43. The van der Waals surface area contributed by atoms with Crippen LogP contribution in [0.15, 0.2) is 24.3 Å². The Hall–Kier alpha value is -0.530. The van der Waals surface area contributed by atoms with Crippen molar-refractivity contribution in [3.63, 3.8) is 0 Å². The van der Waals surface area contributed by atoms with E-state index in [1.165, 1.54) is 44.2 Å². The van der Waals surface area contributed by atoms with Gasteiger partial charge < -0.3 is 5.32 Å². The number of hydrogen-bond donors (Lipinski definition) is 1. The lowest BCUT2D eigenvalue weighted by atomic mass is 9.58. The molecule has 2 aliphatic rings. The van der Waals surface area contributed by atoms with E-state index < -0.39 is 0 Å². The Morgan fingerprint density at radius 1 is 1.32 bits per heavy atom. The monoisotopic (exact) mass is 277 g/mol. The molecule has 1 saturated carbocycles. The maximum atomic E-state index is 6.20. The molecular formula is C17H24ClN. The lowest BCUT2D eigenvalue weighted by Crippen LogP contribution is -2.45. The normalized spacial score (nSPS) is 35.5. The van der Waals surface area contributed by atoms with Crippen molar-refractivity contribution in [2.45, 2.75) is 44.9 Å². The fraction of sp³-hybridized carbons (Fsp3) is 0.647. The van der Waals surface area contributed by atoms with E-state index in [0.717, 1.165) is 17.5 Å². The first kappa shape index (κ1) is 13.5. The predicted molar refractivity (Wildman–Crippen MR) is 81.7 cm³/mol. The van der Waals surface area contributed by atoms with Crippen LogP contribution in [-0.2, 0) is 0 Å². The van der Waals surface area contributed by atoms with Gasteiger partial charge in [0.2, 0.25) is 0 Å². The predicted octanol–water partition coefficient (Wildman–Crippen LogP) is 4.61. The highest BCUT2D eigenvalue weighted by Crippen LogP contribution is 2.52. The van der Waals surface area contributed by atoms with Gasteiger partial charge in [-0.05, 0) is 54.8 Å². The molecule has 1 aliphatic heterocycles. The summed E-state index contributed by atoms with van der Waals surface area (Å²) < 4.78 is 0. The van der Waals surface area contributed by atoms with Gasteiger partial charge in [-0.25, -0.2) is 0 Å². The van der Waals surface area contributed by atoms with E-state index in [1.807, 2.05) is 6.07 Å². The lowest BCUT2D eigenvalue weighted by molar-refractivity contribution is 0.0757. The number of nitrogens with one attached hydrogen (secondary N) is 1. The maximum absolute atomic E-state index is 6.20. The molecule has 0 aromatic heterocycles. The van der Waals surface area contributed by atoms with Crippen LogP contribution < -0.4 is 5.32 Å². The Morgan fingerprint density at radius 3 is 3.00 bits per heavy atom. The van der Waals surface area contributed by atoms with E-state index in [0.29, 0.717) is 11.3 Å². The molecule has 104 valence electrons. The van der Waals surface area contributed by atoms with Crippen molar-refractivity contribution in [1.82, 2.24) is 5.32 Å². The van der Waals surface area contributed by atoms with Gasteiger partial charge in [-0.3, -0.25) is 0 Å². The Balaban J connectivity index is 1.92. The average molecular weight is 278 g/mol. The summed E-state index contributed by atoms with van der Waals surface area (Å²) in [6, 6.07) is 8.54. The minimum absolute atomic E-state index is 0.521. The maximum Gasteiger partial charge on any atom is 0.0408 e. The molecule has 3 unspecified atom stereocenters. The first-order valence-electron chi connectivity index (χ1n) is 7.66. The zero-order valence-corrected chi connectivity index (χ0v) is 12.5. The average Bonchev–Trinajstić information content (AvgIpc) is 2.39. The van der Waals surface area contributed by atoms with Crippen LogP contribution in [-0.4, -0.2) is 13.1 Å². The molecule has 1 spiro atoms. The van der Waals surface area contributed by atoms with E-state index >= 15 is 0 Å². The molecule has 0 radical (unpaired) electrons. The quantitative estimate of drug-likeness (QED) is 0.790. The highest BCUT2D eigenvalue weighted by atomic mass is 35.5. The van der Waals surface area contributed by atoms with E-state index in [4.69, 9.17) is 11.6 Å². The van der Waals surface area contributed by atoms with Gasteiger partial charge in [0, 0.05) is 17.5 Å². The van der Waals surface area contributed by atoms with Crippen LogP contribution in [0.4, 0.5) is 0 Å². The third kappa shape index (κ3) is 2.68. The van der Waals surface area contributed by atoms with E-state index in [9.17, 15) is 0 Å². The molecular weight excluding hydrogens is 254 g/mol. The topological polar surface area (TPSA) is 12.0 Å². The fourth-order valence-corrected chi connectivity index (χ4v) is 4.61. The summed E-state index contributed by atoms with van der Waals surface area (Å²) in [5.41, 5.74) is 1.96. The number of halogens is 1. The van der Waals surface area contributed by atoms with Crippen molar-refractivity contribution in [3.8, 4) is 0 Å². The molecule has 0 bridgehead atoms. The van der Waals surface area contributed by atoms with Crippen LogP contribution in [0.25, 0.3) is 0 Å². The van der Waals surface area contributed by atoms with Gasteiger partial charge in [-0.15, -0.1) is 0 Å². The lowest BCUT2D eigenvalue weighted by Gasteiger charge is -2.49. The fourth-order valence-electron chi connectivity index (χ4n) is 4.41. The summed E-state index contributed by atoms with van der Waals surface area (Å²) in [7, 11) is 0. The Morgan fingerprint density at radius 2 is 2.21 bits per heavy atom. The SMILES string of the molecule is CC1CCCC2(CCNCC2c2cccc(Cl)c2)C1. The third-order valence-corrected chi connectivity index (χ3v) is 5.50. The molecule has 1 aromatic carbocycles. The minimum atomic E-state index is 0.521. The largest absolute Gasteiger partial charge is 0.316 e. The van der Waals surface area contributed by atoms with Gasteiger partial charge in [0.05, 0.1) is 0 Å². The van der Waals surface area contributed by atoms with Gasteiger partial charge in [0.25, 0.3) is 0 Å². The van der Waals surface area contributed by atoms with Crippen molar-refractivity contribution in [2.24, 2.45) is 11.3 Å². The first-order chi connectivity index (χ1) is 9.20. The second kappa shape index (κ2) is 5.46. The summed E-state index contributed by atoms with van der Waals surface area (Å²) >= 11 is 6.20. The van der Waals surface area contributed by atoms with Crippen LogP contribution in [0.3, 0.4) is 0 Å². The van der Waals surface area contributed by atoms with Gasteiger partial charge >= 0.3 is 0 Å². The number of benzene rings is 1. The second-order valence-corrected chi connectivity index (χ2v) is 7.06. The Kier molecular flexibility index (Phi) is 3.86. The van der Waals surface area contributed by atoms with Gasteiger partial charge in [-0.1, -0.05) is 43.5 Å². The van der Waals surface area contributed by atoms with Gasteiger partial charge in [0.1, 0.15) is 0 Å². The summed E-state index contributed by atoms with van der Waals surface area (Å²) in [5, 5.41) is 4.47. The number of rotatable bonds is 1. The third-order valence-electron chi connectivity index (χ3n) is 5.26. The van der Waals surface area contributed by atoms with Crippen molar-refractivity contribution >= 4 is 11.6 Å². The zero-order chi connectivity index (χ0) is 13.3. The molecule has 1 saturated heterocycles. The van der Waals surface area contributed by atoms with E-state index in [1.54, 1.807) is 0 Å². The molecule has 2 heteroatoms. The van der Waals surface area contributed by atoms with Crippen molar-refractivity contribution in [1.29, 1.82) is 0 Å². The smallest absolute Gasteiger partial charge is 0.0408 e. The van der Waals surface area contributed by atoms with Crippen LogP contribution in [0.5, 0.6) is 0 Å². The summed E-state index contributed by atoms with van der Waals surface area (Å²) in [6.45, 7) is 4.73. The van der Waals surface area contributed by atoms with Crippen LogP contribution in [0.2, 0.25) is 5.02 Å². The number of piperidine rings is 1. The van der Waals surface area contributed by atoms with Gasteiger partial charge in [0.15, 0.2) is 0 Å². The Bertz CT molecular complexity index is 441. The molecule has 0 amide bonds. The molecule has 1 heterocycles. The number of hydrogen-bond acceptors (Lipinski definition) is 1. The van der Waals surface area contributed by atoms with Gasteiger partial charge in [-0.2, -0.15) is 0 Å². The van der Waals surface area contributed by atoms with Crippen LogP contribution in [0.1, 0.15) is 50.5 Å². The minimum Gasteiger partial charge on any atom is -0.316 e. The van der Waals surface area contributed by atoms with Crippen LogP contribution in [0, 0.1) is 11.3 Å².